The Labute approximate surface area is 120 Å². The minimum absolute atomic E-state index is 0.0363. The fourth-order valence-electron chi connectivity index (χ4n) is 2.31. The van der Waals surface area contributed by atoms with Crippen LogP contribution in [0.2, 0.25) is 0 Å². The first-order valence-corrected chi connectivity index (χ1v) is 6.72. The lowest BCUT2D eigenvalue weighted by molar-refractivity contribution is 0.0582. The van der Waals surface area contributed by atoms with Crippen LogP contribution in [0.4, 0.5) is 0 Å². The molecule has 2 aromatic rings. The zero-order chi connectivity index (χ0) is 14.7. The molecule has 1 saturated heterocycles. The van der Waals surface area contributed by atoms with E-state index in [4.69, 9.17) is 4.74 Å². The number of aromatic nitrogens is 4. The average molecular weight is 289 g/mol. The Morgan fingerprint density at radius 3 is 2.81 bits per heavy atom. The highest BCUT2D eigenvalue weighted by atomic mass is 16.5. The maximum atomic E-state index is 12.2. The number of rotatable bonds is 3. The van der Waals surface area contributed by atoms with Gasteiger partial charge in [-0.25, -0.2) is 14.8 Å². The quantitative estimate of drug-likeness (QED) is 0.838. The largest absolute Gasteiger partial charge is 0.474 e. The third-order valence-corrected chi connectivity index (χ3v) is 3.40. The van der Waals surface area contributed by atoms with Crippen molar-refractivity contribution in [2.45, 2.75) is 18.9 Å². The monoisotopic (exact) mass is 289 g/mol. The molecule has 0 radical (unpaired) electrons. The molecular weight excluding hydrogens is 274 g/mol. The number of amides is 1. The van der Waals surface area contributed by atoms with E-state index >= 15 is 0 Å². The molecule has 1 aliphatic heterocycles. The first-order chi connectivity index (χ1) is 10.2. The van der Waals surface area contributed by atoms with Crippen molar-refractivity contribution in [3.8, 4) is 5.88 Å². The van der Waals surface area contributed by atoms with Crippen LogP contribution in [0, 0.1) is 0 Å². The highest BCUT2D eigenvalue weighted by Crippen LogP contribution is 2.17. The van der Waals surface area contributed by atoms with E-state index in [1.807, 2.05) is 0 Å². The maximum absolute atomic E-state index is 12.2. The van der Waals surface area contributed by atoms with Gasteiger partial charge in [0.2, 0.25) is 5.88 Å². The summed E-state index contributed by atoms with van der Waals surface area (Å²) in [4.78, 5) is 37.6. The number of carbonyl (C=O) groups excluding carboxylic acids is 1. The summed E-state index contributed by atoms with van der Waals surface area (Å²) in [7, 11) is 0. The number of imidazole rings is 1. The van der Waals surface area contributed by atoms with Crippen LogP contribution < -0.4 is 10.4 Å². The van der Waals surface area contributed by atoms with Crippen LogP contribution in [-0.2, 0) is 0 Å². The fourth-order valence-corrected chi connectivity index (χ4v) is 2.31. The molecule has 1 fully saturated rings. The molecule has 21 heavy (non-hydrogen) atoms. The van der Waals surface area contributed by atoms with Crippen molar-refractivity contribution >= 4 is 5.91 Å². The molecule has 0 saturated carbocycles. The predicted molar refractivity (Wildman–Crippen MR) is 73.0 cm³/mol. The molecule has 110 valence electrons. The third-order valence-electron chi connectivity index (χ3n) is 3.40. The number of ether oxygens (including phenoxy) is 1. The third kappa shape index (κ3) is 3.10. The highest BCUT2D eigenvalue weighted by Gasteiger charge is 2.25. The number of aromatic amines is 2. The van der Waals surface area contributed by atoms with Gasteiger partial charge in [-0.3, -0.25) is 4.79 Å². The van der Waals surface area contributed by atoms with Gasteiger partial charge >= 0.3 is 5.69 Å². The normalized spacial score (nSPS) is 15.9. The second-order valence-electron chi connectivity index (χ2n) is 4.81. The summed E-state index contributed by atoms with van der Waals surface area (Å²) >= 11 is 0. The van der Waals surface area contributed by atoms with E-state index in [0.29, 0.717) is 19.0 Å². The summed E-state index contributed by atoms with van der Waals surface area (Å²) in [5, 5.41) is 0. The van der Waals surface area contributed by atoms with Crippen LogP contribution in [-0.4, -0.2) is 49.9 Å². The molecule has 1 amide bonds. The van der Waals surface area contributed by atoms with Gasteiger partial charge in [-0.1, -0.05) is 0 Å². The van der Waals surface area contributed by atoms with Crippen LogP contribution in [0.15, 0.2) is 29.6 Å². The molecular formula is C13H15N5O3. The molecule has 0 aromatic carbocycles. The molecule has 2 aromatic heterocycles. The predicted octanol–water partition coefficient (Wildman–Crippen LogP) is 0.177. The lowest BCUT2D eigenvalue weighted by Crippen LogP contribution is -2.42. The Hall–Kier alpha value is -2.64. The number of H-pyrrole nitrogens is 2. The van der Waals surface area contributed by atoms with E-state index in [1.54, 1.807) is 17.2 Å². The molecule has 0 bridgehead atoms. The van der Waals surface area contributed by atoms with Gasteiger partial charge in [0.25, 0.3) is 5.91 Å². The lowest BCUT2D eigenvalue weighted by atomic mass is 10.1. The van der Waals surface area contributed by atoms with Gasteiger partial charge in [0, 0.05) is 44.4 Å². The number of nitrogens with zero attached hydrogens (tertiary/aromatic N) is 3. The van der Waals surface area contributed by atoms with Gasteiger partial charge in [0.05, 0.1) is 0 Å². The molecule has 0 atom stereocenters. The summed E-state index contributed by atoms with van der Waals surface area (Å²) in [5.74, 6) is 0.374. The van der Waals surface area contributed by atoms with Crippen LogP contribution in [0.3, 0.4) is 0 Å². The van der Waals surface area contributed by atoms with Gasteiger partial charge in [0.1, 0.15) is 18.1 Å². The van der Waals surface area contributed by atoms with Crippen LogP contribution >= 0.6 is 0 Å². The first kappa shape index (κ1) is 13.3. The Kier molecular flexibility index (Phi) is 3.67. The van der Waals surface area contributed by atoms with Crippen molar-refractivity contribution in [1.29, 1.82) is 0 Å². The molecule has 1 aliphatic rings. The Balaban J connectivity index is 1.55. The topological polar surface area (TPSA) is 104 Å². The minimum atomic E-state index is -0.375. The minimum Gasteiger partial charge on any atom is -0.474 e. The highest BCUT2D eigenvalue weighted by molar-refractivity contribution is 5.92. The summed E-state index contributed by atoms with van der Waals surface area (Å²) in [6.45, 7) is 1.17. The van der Waals surface area contributed by atoms with Crippen molar-refractivity contribution in [2.75, 3.05) is 13.1 Å². The van der Waals surface area contributed by atoms with Crippen molar-refractivity contribution in [2.24, 2.45) is 0 Å². The Morgan fingerprint density at radius 1 is 1.38 bits per heavy atom. The van der Waals surface area contributed by atoms with E-state index in [-0.39, 0.29) is 23.4 Å². The van der Waals surface area contributed by atoms with E-state index in [0.717, 1.165) is 12.8 Å². The summed E-state index contributed by atoms with van der Waals surface area (Å²) in [5.41, 5.74) is -0.0875. The van der Waals surface area contributed by atoms with Crippen molar-refractivity contribution < 1.29 is 9.53 Å². The fraction of sp³-hybridized carbons (Fsp3) is 0.385. The zero-order valence-corrected chi connectivity index (χ0v) is 11.3. The van der Waals surface area contributed by atoms with Gasteiger partial charge in [0.15, 0.2) is 0 Å². The summed E-state index contributed by atoms with van der Waals surface area (Å²) < 4.78 is 5.74. The molecule has 0 spiro atoms. The van der Waals surface area contributed by atoms with E-state index in [1.165, 1.54) is 12.5 Å². The van der Waals surface area contributed by atoms with Crippen molar-refractivity contribution in [1.82, 2.24) is 24.8 Å². The molecule has 0 aliphatic carbocycles. The summed E-state index contributed by atoms with van der Waals surface area (Å²) in [6, 6.07) is 1.71. The van der Waals surface area contributed by atoms with Gasteiger partial charge in [-0.2, -0.15) is 0 Å². The number of piperidine rings is 1. The lowest BCUT2D eigenvalue weighted by Gasteiger charge is -2.31. The number of nitrogens with one attached hydrogen (secondary N) is 2. The van der Waals surface area contributed by atoms with Crippen molar-refractivity contribution in [3.05, 3.63) is 41.0 Å². The van der Waals surface area contributed by atoms with Gasteiger partial charge in [-0.05, 0) is 0 Å². The average Bonchev–Trinajstić information content (AvgIpc) is 2.95. The zero-order valence-electron chi connectivity index (χ0n) is 11.3. The van der Waals surface area contributed by atoms with Crippen molar-refractivity contribution in [3.63, 3.8) is 0 Å². The standard InChI is InChI=1S/C13H15N5O3/c19-12(10-7-15-13(20)17-10)18-5-2-9(3-6-18)21-11-1-4-14-8-16-11/h1,4,7-9H,2-3,5-6H2,(H2,15,17,20). The number of hydrogen-bond donors (Lipinski definition) is 2. The summed E-state index contributed by atoms with van der Waals surface area (Å²) in [6.07, 6.45) is 5.96. The SMILES string of the molecule is O=C(c1c[nH]c(=O)[nH]1)N1CCC(Oc2ccncn2)CC1. The molecule has 3 heterocycles. The van der Waals surface area contributed by atoms with E-state index < -0.39 is 0 Å². The number of hydrogen-bond acceptors (Lipinski definition) is 5. The van der Waals surface area contributed by atoms with E-state index in [9.17, 15) is 9.59 Å². The molecule has 0 unspecified atom stereocenters. The first-order valence-electron chi connectivity index (χ1n) is 6.72. The van der Waals surface area contributed by atoms with Crippen LogP contribution in [0.5, 0.6) is 5.88 Å². The maximum Gasteiger partial charge on any atom is 0.323 e. The van der Waals surface area contributed by atoms with Crippen LogP contribution in [0.1, 0.15) is 23.3 Å². The Morgan fingerprint density at radius 2 is 2.19 bits per heavy atom. The Bertz CT molecular complexity index is 658. The van der Waals surface area contributed by atoms with Gasteiger partial charge < -0.3 is 19.6 Å². The molecule has 3 rings (SSSR count). The number of likely N-dealkylation sites (tertiary alicyclic amines) is 1. The second kappa shape index (κ2) is 5.78. The van der Waals surface area contributed by atoms with Gasteiger partial charge in [-0.15, -0.1) is 0 Å². The molecule has 8 nitrogen and oxygen atoms in total. The smallest absolute Gasteiger partial charge is 0.323 e. The second-order valence-corrected chi connectivity index (χ2v) is 4.81. The molecule has 2 N–H and O–H groups in total. The molecule has 8 heteroatoms. The van der Waals surface area contributed by atoms with E-state index in [2.05, 4.69) is 19.9 Å². The van der Waals surface area contributed by atoms with Crippen LogP contribution in [0.25, 0.3) is 0 Å². The number of carbonyl (C=O) groups is 1.